The molecule has 2 aromatic carbocycles. The van der Waals surface area contributed by atoms with E-state index in [1.165, 1.54) is 0 Å². The molecule has 0 saturated carbocycles. The van der Waals surface area contributed by atoms with Crippen molar-refractivity contribution in [2.75, 3.05) is 48.8 Å². The molecule has 1 heterocycles. The molecular weight excluding hydrogens is 364 g/mol. The zero-order chi connectivity index (χ0) is 21.0. The Morgan fingerprint density at radius 1 is 0.897 bits per heavy atom. The van der Waals surface area contributed by atoms with Crippen molar-refractivity contribution in [1.29, 1.82) is 0 Å². The quantitative estimate of drug-likeness (QED) is 0.780. The molecule has 3 rings (SSSR count). The van der Waals surface area contributed by atoms with Crippen molar-refractivity contribution in [3.8, 4) is 0 Å². The van der Waals surface area contributed by atoms with Gasteiger partial charge in [-0.15, -0.1) is 0 Å². The number of para-hydroxylation sites is 1. The molecule has 0 unspecified atom stereocenters. The van der Waals surface area contributed by atoms with E-state index in [1.54, 1.807) is 0 Å². The van der Waals surface area contributed by atoms with Gasteiger partial charge in [0.2, 0.25) is 0 Å². The lowest BCUT2D eigenvalue weighted by molar-refractivity contribution is -0.133. The number of hydrogen-bond donors (Lipinski definition) is 2. The van der Waals surface area contributed by atoms with Crippen LogP contribution in [0.5, 0.6) is 0 Å². The molecule has 6 heteroatoms. The Hall–Kier alpha value is -2.86. The smallest absolute Gasteiger partial charge is 0.314 e. The summed E-state index contributed by atoms with van der Waals surface area (Å²) in [6.45, 7) is 10.1. The van der Waals surface area contributed by atoms with Crippen LogP contribution in [-0.4, -0.2) is 49.9 Å². The van der Waals surface area contributed by atoms with Gasteiger partial charge < -0.3 is 20.4 Å². The molecule has 0 aliphatic carbocycles. The number of benzene rings is 2. The van der Waals surface area contributed by atoms with Gasteiger partial charge >= 0.3 is 11.8 Å². The lowest BCUT2D eigenvalue weighted by Gasteiger charge is -2.34. The Labute approximate surface area is 172 Å². The van der Waals surface area contributed by atoms with Crippen LogP contribution in [-0.2, 0) is 9.59 Å². The van der Waals surface area contributed by atoms with Crippen molar-refractivity contribution in [3.05, 3.63) is 53.6 Å². The first-order valence-electron chi connectivity index (χ1n) is 10.1. The Bertz CT molecular complexity index is 869. The van der Waals surface area contributed by atoms with Crippen molar-refractivity contribution < 1.29 is 9.59 Å². The van der Waals surface area contributed by atoms with Crippen molar-refractivity contribution >= 4 is 28.9 Å². The Morgan fingerprint density at radius 3 is 2.14 bits per heavy atom. The molecule has 2 aromatic rings. The molecule has 154 valence electrons. The van der Waals surface area contributed by atoms with Gasteiger partial charge in [-0.25, -0.2) is 0 Å². The summed E-state index contributed by atoms with van der Waals surface area (Å²) in [7, 11) is 2.13. The van der Waals surface area contributed by atoms with Crippen LogP contribution in [0.2, 0.25) is 0 Å². The largest absolute Gasteiger partial charge is 0.369 e. The SMILES string of the molecule is Cc1cccc(C(C)C)c1NC(=O)C(=O)Nc1ccc(N2CCN(C)CC2)cc1. The average molecular weight is 395 g/mol. The number of amides is 2. The number of carbonyl (C=O) groups excluding carboxylic acids is 2. The number of anilines is 3. The maximum Gasteiger partial charge on any atom is 0.314 e. The number of piperazine rings is 1. The van der Waals surface area contributed by atoms with E-state index >= 15 is 0 Å². The van der Waals surface area contributed by atoms with Crippen LogP contribution in [0.15, 0.2) is 42.5 Å². The summed E-state index contributed by atoms with van der Waals surface area (Å²) >= 11 is 0. The van der Waals surface area contributed by atoms with E-state index in [0.29, 0.717) is 11.4 Å². The van der Waals surface area contributed by atoms with Crippen LogP contribution < -0.4 is 15.5 Å². The number of nitrogens with one attached hydrogen (secondary N) is 2. The number of carbonyl (C=O) groups is 2. The summed E-state index contributed by atoms with van der Waals surface area (Å²) in [6, 6.07) is 13.5. The average Bonchev–Trinajstić information content (AvgIpc) is 2.70. The first kappa shape index (κ1) is 20.9. The number of likely N-dealkylation sites (N-methyl/N-ethyl adjacent to an activating group) is 1. The second-order valence-electron chi connectivity index (χ2n) is 7.94. The number of rotatable bonds is 4. The minimum absolute atomic E-state index is 0.246. The lowest BCUT2D eigenvalue weighted by atomic mass is 9.98. The Morgan fingerprint density at radius 2 is 1.52 bits per heavy atom. The highest BCUT2D eigenvalue weighted by Crippen LogP contribution is 2.27. The number of hydrogen-bond acceptors (Lipinski definition) is 4. The van der Waals surface area contributed by atoms with E-state index in [0.717, 1.165) is 43.0 Å². The predicted molar refractivity (Wildman–Crippen MR) is 119 cm³/mol. The fourth-order valence-electron chi connectivity index (χ4n) is 3.52. The summed E-state index contributed by atoms with van der Waals surface area (Å²) < 4.78 is 0. The third kappa shape index (κ3) is 5.15. The van der Waals surface area contributed by atoms with Crippen molar-refractivity contribution in [2.45, 2.75) is 26.7 Å². The molecular formula is C23H30N4O2. The van der Waals surface area contributed by atoms with Crippen LogP contribution in [0, 0.1) is 6.92 Å². The third-order valence-corrected chi connectivity index (χ3v) is 5.37. The van der Waals surface area contributed by atoms with E-state index < -0.39 is 11.8 Å². The van der Waals surface area contributed by atoms with Crippen molar-refractivity contribution in [1.82, 2.24) is 4.90 Å². The van der Waals surface area contributed by atoms with Gasteiger partial charge in [-0.3, -0.25) is 9.59 Å². The van der Waals surface area contributed by atoms with E-state index in [4.69, 9.17) is 0 Å². The molecule has 0 radical (unpaired) electrons. The van der Waals surface area contributed by atoms with Gasteiger partial charge in [-0.1, -0.05) is 32.0 Å². The summed E-state index contributed by atoms with van der Waals surface area (Å²) in [5.74, 6) is -1.09. The topological polar surface area (TPSA) is 64.7 Å². The highest BCUT2D eigenvalue weighted by atomic mass is 16.2. The maximum absolute atomic E-state index is 12.5. The molecule has 2 amide bonds. The molecule has 6 nitrogen and oxygen atoms in total. The maximum atomic E-state index is 12.5. The Balaban J connectivity index is 1.62. The van der Waals surface area contributed by atoms with Gasteiger partial charge in [0.05, 0.1) is 0 Å². The van der Waals surface area contributed by atoms with Gasteiger partial charge in [0, 0.05) is 43.2 Å². The van der Waals surface area contributed by atoms with Gasteiger partial charge in [0.25, 0.3) is 0 Å². The summed E-state index contributed by atoms with van der Waals surface area (Å²) in [4.78, 5) is 29.5. The number of nitrogens with zero attached hydrogens (tertiary/aromatic N) is 2. The zero-order valence-electron chi connectivity index (χ0n) is 17.7. The van der Waals surface area contributed by atoms with E-state index in [1.807, 2.05) is 49.4 Å². The summed E-state index contributed by atoms with van der Waals surface area (Å²) in [5.41, 5.74) is 4.41. The molecule has 1 aliphatic rings. The van der Waals surface area contributed by atoms with Crippen LogP contribution in [0.4, 0.5) is 17.1 Å². The molecule has 0 bridgehead atoms. The normalized spacial score (nSPS) is 14.7. The monoisotopic (exact) mass is 394 g/mol. The summed E-state index contributed by atoms with van der Waals surface area (Å²) in [5, 5.41) is 5.47. The van der Waals surface area contributed by atoms with Crippen LogP contribution >= 0.6 is 0 Å². The molecule has 0 atom stereocenters. The third-order valence-electron chi connectivity index (χ3n) is 5.37. The molecule has 1 aliphatic heterocycles. The van der Waals surface area contributed by atoms with Crippen molar-refractivity contribution in [3.63, 3.8) is 0 Å². The zero-order valence-corrected chi connectivity index (χ0v) is 17.7. The Kier molecular flexibility index (Phi) is 6.54. The fraction of sp³-hybridized carbons (Fsp3) is 0.391. The molecule has 0 spiro atoms. The molecule has 0 aromatic heterocycles. The highest BCUT2D eigenvalue weighted by molar-refractivity contribution is 6.43. The standard InChI is InChI=1S/C23H30N4O2/c1-16(2)20-7-5-6-17(3)21(20)25-23(29)22(28)24-18-8-10-19(11-9-18)27-14-12-26(4)13-15-27/h5-11,16H,12-15H2,1-4H3,(H,24,28)(H,25,29). The van der Waals surface area contributed by atoms with Gasteiger partial charge in [-0.05, 0) is 55.3 Å². The first-order valence-corrected chi connectivity index (χ1v) is 10.1. The van der Waals surface area contributed by atoms with E-state index in [2.05, 4.69) is 41.3 Å². The predicted octanol–water partition coefficient (Wildman–Crippen LogP) is 3.45. The van der Waals surface area contributed by atoms with Gasteiger partial charge in [0.1, 0.15) is 0 Å². The van der Waals surface area contributed by atoms with Gasteiger partial charge in [0.15, 0.2) is 0 Å². The van der Waals surface area contributed by atoms with E-state index in [9.17, 15) is 9.59 Å². The fourth-order valence-corrected chi connectivity index (χ4v) is 3.52. The number of aryl methyl sites for hydroxylation is 1. The van der Waals surface area contributed by atoms with Crippen LogP contribution in [0.3, 0.4) is 0 Å². The second kappa shape index (κ2) is 9.09. The first-order chi connectivity index (χ1) is 13.8. The minimum atomic E-state index is -0.671. The molecule has 2 N–H and O–H groups in total. The summed E-state index contributed by atoms with van der Waals surface area (Å²) in [6.07, 6.45) is 0. The van der Waals surface area contributed by atoms with Crippen LogP contribution in [0.25, 0.3) is 0 Å². The molecule has 1 fully saturated rings. The minimum Gasteiger partial charge on any atom is -0.369 e. The second-order valence-corrected chi connectivity index (χ2v) is 7.94. The van der Waals surface area contributed by atoms with Gasteiger partial charge in [-0.2, -0.15) is 0 Å². The van der Waals surface area contributed by atoms with Crippen molar-refractivity contribution in [2.24, 2.45) is 0 Å². The molecule has 29 heavy (non-hydrogen) atoms. The highest BCUT2D eigenvalue weighted by Gasteiger charge is 2.18. The van der Waals surface area contributed by atoms with E-state index in [-0.39, 0.29) is 5.92 Å². The van der Waals surface area contributed by atoms with Crippen LogP contribution in [0.1, 0.15) is 30.9 Å². The molecule has 1 saturated heterocycles. The lowest BCUT2D eigenvalue weighted by Crippen LogP contribution is -2.44.